The lowest BCUT2D eigenvalue weighted by atomic mass is 9.48. The van der Waals surface area contributed by atoms with Gasteiger partial charge in [-0.1, -0.05) is 149 Å². The van der Waals surface area contributed by atoms with Crippen LogP contribution in [0.3, 0.4) is 0 Å². The summed E-state index contributed by atoms with van der Waals surface area (Å²) in [4.78, 5) is 36.2. The smallest absolute Gasteiger partial charge is 0.306 e. The summed E-state index contributed by atoms with van der Waals surface area (Å²) in [6, 6.07) is 0. The molecule has 396 valence electrons. The van der Waals surface area contributed by atoms with Crippen LogP contribution in [0, 0.1) is 106 Å². The predicted molar refractivity (Wildman–Crippen MR) is 295 cm³/mol. The molecule has 2 spiro atoms. The molecule has 20 atom stereocenters. The van der Waals surface area contributed by atoms with E-state index in [1.54, 1.807) is 11.1 Å². The lowest BCUT2D eigenvalue weighted by molar-refractivity contribution is -0.174. The first-order valence-electron chi connectivity index (χ1n) is 22.3. The Morgan fingerprint density at radius 1 is 0.537 bits per heavy atom. The molecule has 12 aliphatic carbocycles. The molecule has 0 N–H and O–H groups in total. The molecule has 1 unspecified atom stereocenters. The molecule has 2 aliphatic heterocycles. The fourth-order valence-corrected chi connectivity index (χ4v) is 18.8. The van der Waals surface area contributed by atoms with Gasteiger partial charge in [0.25, 0.3) is 0 Å². The fourth-order valence-electron chi connectivity index (χ4n) is 18.8. The number of carbonyl (C=O) groups is 3. The Kier molecular flexibility index (Phi) is 22.9. The van der Waals surface area contributed by atoms with E-state index in [1.165, 1.54) is 57.8 Å². The molecule has 2 heterocycles. The summed E-state index contributed by atoms with van der Waals surface area (Å²) in [5, 5.41) is 0. The van der Waals surface area contributed by atoms with Crippen LogP contribution in [-0.4, -0.2) is 35.3 Å². The van der Waals surface area contributed by atoms with Crippen LogP contribution in [0.2, 0.25) is 0 Å². The van der Waals surface area contributed by atoms with E-state index in [2.05, 4.69) is 38.2 Å². The van der Waals surface area contributed by atoms with Gasteiger partial charge in [0.05, 0.1) is 12.2 Å². The third-order valence-electron chi connectivity index (χ3n) is 20.5. The zero-order chi connectivity index (χ0) is 34.7. The molecule has 11 fully saturated rings. The van der Waals surface area contributed by atoms with E-state index in [0.29, 0.717) is 41.2 Å². The summed E-state index contributed by atoms with van der Waals surface area (Å²) in [6.07, 6.45) is 26.4. The Bertz CT molecular complexity index is 1810. The Balaban J connectivity index is -0.000000999. The first-order chi connectivity index (χ1) is 25.2. The number of ether oxygens (including phenoxy) is 2. The van der Waals surface area contributed by atoms with Crippen molar-refractivity contribution in [3.63, 3.8) is 0 Å². The number of ketones is 2. The van der Waals surface area contributed by atoms with Gasteiger partial charge in [0, 0.05) is 36.0 Å². The van der Waals surface area contributed by atoms with Crippen molar-refractivity contribution in [3.8, 4) is 0 Å². The summed E-state index contributed by atoms with van der Waals surface area (Å²) in [7, 11) is 0. The van der Waals surface area contributed by atoms with Crippen molar-refractivity contribution in [2.45, 2.75) is 233 Å². The summed E-state index contributed by atoms with van der Waals surface area (Å²) in [6.45, 7) is 5.79. The summed E-state index contributed by atoms with van der Waals surface area (Å²) >= 11 is 0. The Hall–Kier alpha value is -2.01. The van der Waals surface area contributed by atoms with Crippen molar-refractivity contribution in [1.82, 2.24) is 0 Å². The maximum atomic E-state index is 12.1. The molecule has 14 aliphatic rings. The van der Waals surface area contributed by atoms with E-state index >= 15 is 0 Å². The van der Waals surface area contributed by atoms with Gasteiger partial charge in [-0.05, 0) is 178 Å². The van der Waals surface area contributed by atoms with Gasteiger partial charge in [0.15, 0.2) is 11.6 Å². The zero-order valence-corrected chi connectivity index (χ0v) is 31.4. The van der Waals surface area contributed by atoms with Crippen LogP contribution >= 0.6 is 0 Å². The number of hydrogen-bond acceptors (Lipinski definition) is 5. The fraction of sp³-hybridized carbons (Fsp3) is 0.855. The average Bonchev–Trinajstić information content (AvgIpc) is 4.02. The third-order valence-corrected chi connectivity index (χ3v) is 20.5. The van der Waals surface area contributed by atoms with Crippen molar-refractivity contribution in [1.29, 1.82) is 0 Å². The predicted octanol–water partition coefficient (Wildman–Crippen LogP) is 18.0. The van der Waals surface area contributed by atoms with Gasteiger partial charge < -0.3 is 9.47 Å². The molecular weight excluding hydrogens is 825 g/mol. The topological polar surface area (TPSA) is 69.7 Å². The van der Waals surface area contributed by atoms with E-state index in [1.807, 2.05) is 0 Å². The average molecular weight is 944 g/mol. The van der Waals surface area contributed by atoms with Crippen LogP contribution in [0.25, 0.3) is 0 Å². The van der Waals surface area contributed by atoms with Gasteiger partial charge in [-0.25, -0.2) is 0 Å². The molecule has 1 saturated heterocycles. The largest absolute Gasteiger partial charge is 0.458 e. The van der Waals surface area contributed by atoms with Gasteiger partial charge in [0.1, 0.15) is 5.60 Å². The van der Waals surface area contributed by atoms with Gasteiger partial charge in [-0.15, -0.1) is 0 Å². The van der Waals surface area contributed by atoms with Crippen LogP contribution < -0.4 is 0 Å². The highest BCUT2D eigenvalue weighted by atomic mass is 16.6. The van der Waals surface area contributed by atoms with Gasteiger partial charge in [-0.2, -0.15) is 0 Å². The molecule has 5 heteroatoms. The second-order valence-corrected chi connectivity index (χ2v) is 21.4. The lowest BCUT2D eigenvalue weighted by Crippen LogP contribution is -2.56. The molecule has 0 amide bonds. The third kappa shape index (κ3) is 8.22. The van der Waals surface area contributed by atoms with Gasteiger partial charge in [0.2, 0.25) is 0 Å². The highest BCUT2D eigenvalue weighted by molar-refractivity contribution is 5.92. The molecule has 14 rings (SSSR count). The maximum absolute atomic E-state index is 12.1. The quantitative estimate of drug-likeness (QED) is 0.193. The number of fused-ring (bicyclic) bond motifs is 24. The normalized spacial score (nSPS) is 47.2. The van der Waals surface area contributed by atoms with Crippen LogP contribution in [0.5, 0.6) is 0 Å². The van der Waals surface area contributed by atoms with E-state index < -0.39 is 0 Å². The van der Waals surface area contributed by atoms with Gasteiger partial charge in [-0.3, -0.25) is 14.4 Å². The van der Waals surface area contributed by atoms with Crippen LogP contribution in [0.1, 0.15) is 222 Å². The second kappa shape index (κ2) is 22.2. The summed E-state index contributed by atoms with van der Waals surface area (Å²) in [5.41, 5.74) is 3.73. The van der Waals surface area contributed by atoms with Crippen LogP contribution in [0.4, 0.5) is 0 Å². The Morgan fingerprint density at radius 2 is 1.03 bits per heavy atom. The molecule has 0 aromatic rings. The molecule has 5 nitrogen and oxygen atoms in total. The number of allylic oxidation sites excluding steroid dienone is 2. The van der Waals surface area contributed by atoms with E-state index in [0.717, 1.165) is 116 Å². The lowest BCUT2D eigenvalue weighted by Gasteiger charge is -2.58. The van der Waals surface area contributed by atoms with Gasteiger partial charge >= 0.3 is 5.97 Å². The van der Waals surface area contributed by atoms with Crippen molar-refractivity contribution in [2.24, 2.45) is 106 Å². The minimum absolute atomic E-state index is 0. The Labute approximate surface area is 420 Å². The molecule has 0 aromatic heterocycles. The molecule has 10 saturated carbocycles. The number of carbonyl (C=O) groups excluding carboxylic acids is 3. The Morgan fingerprint density at radius 3 is 1.51 bits per heavy atom. The van der Waals surface area contributed by atoms with E-state index in [9.17, 15) is 14.4 Å². The SMILES string of the molecule is C.C.C.C.C.C.C.C.C.C.C.C.C.C.C.CC[C@]12CC[C@H]3[C@@H]([C@H]4C[C@H]4C4=CC(=O)CC[C@@H]43)[C@@H]1[C@@H]1C[C@@H]1[C@@]21C=CCO1.C[C@]12CC[C@H]3[C@@H]([C@@H]4C[C@@H]4C4=CC(=O)CC[C@@H]43)[C@H]1[C@H]1C[C@H]1C21CCC(=O)O1. The standard InChI is InChI=1S/C24H30O2.C23H28O3.15CH4/c1-2-23-8-6-15-14-5-4-13(25)10-16(14)17-11-18(17)21(15)22(23)19-12-20(19)24(23)7-3-9-26-24;1-22-6-4-13-12-3-2-11(24)8-14(12)15-9-16(15)20(13)21(22)17-10-18(17)23(22)7-5-19(25)26-23;;;;;;;;;;;;;;;/h3,7,10,14-15,17-22H,2,4-6,8-9,11-12H2,1H3;8,12-13,15-18,20-21H,2-7,9-10H2,1H3;15*1H4/t14-,15-,17+,18+,19-,20+,21+,22+,23+,24+;12-,13-,15-,16-,17+,18-,20+,21-,22+,23?;;;;;;;;;;;;;;;/m11.............../s1. The second-order valence-electron chi connectivity index (χ2n) is 21.4. The number of hydrogen-bond donors (Lipinski definition) is 0. The molecule has 67 heavy (non-hydrogen) atoms. The molecular formula is C62H118O5. The highest BCUT2D eigenvalue weighted by Crippen LogP contribution is 2.83. The zero-order valence-electron chi connectivity index (χ0n) is 31.4. The molecule has 0 radical (unpaired) electrons. The summed E-state index contributed by atoms with van der Waals surface area (Å²) in [5.74, 6) is 13.8. The minimum Gasteiger partial charge on any atom is -0.458 e. The van der Waals surface area contributed by atoms with Crippen molar-refractivity contribution < 1.29 is 23.9 Å². The van der Waals surface area contributed by atoms with E-state index in [4.69, 9.17) is 9.47 Å². The van der Waals surface area contributed by atoms with Crippen LogP contribution in [0.15, 0.2) is 35.5 Å². The van der Waals surface area contributed by atoms with Crippen molar-refractivity contribution >= 4 is 17.5 Å². The molecule has 0 aromatic carbocycles. The monoisotopic (exact) mass is 943 g/mol. The van der Waals surface area contributed by atoms with Crippen LogP contribution in [-0.2, 0) is 23.9 Å². The van der Waals surface area contributed by atoms with Crippen molar-refractivity contribution in [3.05, 3.63) is 35.5 Å². The molecule has 0 bridgehead atoms. The van der Waals surface area contributed by atoms with Crippen molar-refractivity contribution in [2.75, 3.05) is 6.61 Å². The summed E-state index contributed by atoms with van der Waals surface area (Å²) < 4.78 is 12.8. The first kappa shape index (κ1) is 69.3. The maximum Gasteiger partial charge on any atom is 0.306 e. The van der Waals surface area contributed by atoms with E-state index in [-0.39, 0.29) is 134 Å². The number of rotatable bonds is 1. The first-order valence-corrected chi connectivity index (χ1v) is 22.3. The minimum atomic E-state index is -0.118. The highest BCUT2D eigenvalue weighted by Gasteiger charge is 2.81. The number of esters is 1.